The van der Waals surface area contributed by atoms with Crippen molar-refractivity contribution in [2.45, 2.75) is 12.8 Å². The van der Waals surface area contributed by atoms with E-state index in [2.05, 4.69) is 18.2 Å². The molecule has 0 saturated carbocycles. The molecule has 0 atom stereocenters. The largest absolute Gasteiger partial charge is 0.481 e. The summed E-state index contributed by atoms with van der Waals surface area (Å²) in [7, 11) is 0. The average Bonchev–Trinajstić information content (AvgIpc) is 3.47. The maximum Gasteiger partial charge on any atom is 0.303 e. The molecule has 0 bridgehead atoms. The lowest BCUT2D eigenvalue weighted by atomic mass is 10.1. The van der Waals surface area contributed by atoms with Gasteiger partial charge in [-0.05, 0) is 36.3 Å². The fourth-order valence-corrected chi connectivity index (χ4v) is 5.40. The number of aliphatic carboxylic acids is 1. The zero-order valence-corrected chi connectivity index (χ0v) is 21.4. The third-order valence-corrected chi connectivity index (χ3v) is 7.31. The Balaban J connectivity index is 1.41. The van der Waals surface area contributed by atoms with E-state index in [-0.39, 0.29) is 12.3 Å². The standard InChI is InChI=1S/C29H23N3O3S2/c33-27(34)12-7-17-31-28(35)26(37-29(31)36)18-20-13-15-23(16-14-20)32-25(22-10-5-2-6-11-22)19-24(30-32)21-8-3-1-4-9-21/h1-6,8-11,13-16,18-19H,7,12,17H2,(H,33,34)/b26-18-. The van der Waals surface area contributed by atoms with Crippen LogP contribution in [0, 0.1) is 0 Å². The lowest BCUT2D eigenvalue weighted by Gasteiger charge is -2.13. The predicted octanol–water partition coefficient (Wildman–Crippen LogP) is 6.27. The molecular formula is C29H23N3O3S2. The van der Waals surface area contributed by atoms with Gasteiger partial charge in [-0.1, -0.05) is 96.8 Å². The molecule has 1 fully saturated rings. The molecule has 1 N–H and O–H groups in total. The lowest BCUT2D eigenvalue weighted by molar-refractivity contribution is -0.137. The molecule has 0 radical (unpaired) electrons. The number of nitrogens with zero attached hydrogens (tertiary/aromatic N) is 3. The van der Waals surface area contributed by atoms with E-state index in [9.17, 15) is 9.59 Å². The summed E-state index contributed by atoms with van der Waals surface area (Å²) in [6.45, 7) is 0.304. The molecule has 1 aliphatic rings. The zero-order valence-electron chi connectivity index (χ0n) is 19.8. The second-order valence-electron chi connectivity index (χ2n) is 8.48. The molecule has 184 valence electrons. The van der Waals surface area contributed by atoms with E-state index in [1.54, 1.807) is 0 Å². The first kappa shape index (κ1) is 24.7. The molecule has 6 nitrogen and oxygen atoms in total. The van der Waals surface area contributed by atoms with Crippen molar-refractivity contribution in [1.29, 1.82) is 0 Å². The number of carbonyl (C=O) groups excluding carboxylic acids is 1. The maximum atomic E-state index is 12.8. The monoisotopic (exact) mass is 525 g/mol. The Morgan fingerprint density at radius 3 is 2.24 bits per heavy atom. The van der Waals surface area contributed by atoms with Gasteiger partial charge < -0.3 is 5.11 Å². The van der Waals surface area contributed by atoms with Crippen molar-refractivity contribution >= 4 is 46.3 Å². The number of thiocarbonyl (C=S) groups is 1. The van der Waals surface area contributed by atoms with Gasteiger partial charge in [-0.25, -0.2) is 4.68 Å². The lowest BCUT2D eigenvalue weighted by Crippen LogP contribution is -2.29. The predicted molar refractivity (Wildman–Crippen MR) is 151 cm³/mol. The van der Waals surface area contributed by atoms with Crippen molar-refractivity contribution in [3.8, 4) is 28.2 Å². The second kappa shape index (κ2) is 10.9. The number of aromatic nitrogens is 2. The highest BCUT2D eigenvalue weighted by atomic mass is 32.2. The molecule has 5 rings (SSSR count). The highest BCUT2D eigenvalue weighted by Gasteiger charge is 2.31. The zero-order chi connectivity index (χ0) is 25.8. The van der Waals surface area contributed by atoms with Crippen LogP contribution in [0.15, 0.2) is 95.9 Å². The molecule has 8 heteroatoms. The molecule has 1 saturated heterocycles. The molecule has 1 aromatic heterocycles. The molecule has 3 aromatic carbocycles. The summed E-state index contributed by atoms with van der Waals surface area (Å²) >= 11 is 6.59. The molecule has 2 heterocycles. The van der Waals surface area contributed by atoms with Crippen LogP contribution in [0.25, 0.3) is 34.3 Å². The summed E-state index contributed by atoms with van der Waals surface area (Å²) in [6, 6.07) is 30.2. The van der Waals surface area contributed by atoms with Gasteiger partial charge in [-0.2, -0.15) is 5.10 Å². The van der Waals surface area contributed by atoms with Gasteiger partial charge in [-0.15, -0.1) is 0 Å². The number of hydrogen-bond donors (Lipinski definition) is 1. The van der Waals surface area contributed by atoms with E-state index >= 15 is 0 Å². The van der Waals surface area contributed by atoms with E-state index in [4.69, 9.17) is 22.4 Å². The van der Waals surface area contributed by atoms with Crippen LogP contribution in [0.1, 0.15) is 18.4 Å². The van der Waals surface area contributed by atoms with Crippen molar-refractivity contribution in [2.24, 2.45) is 0 Å². The molecule has 1 amide bonds. The summed E-state index contributed by atoms with van der Waals surface area (Å²) < 4.78 is 2.39. The SMILES string of the molecule is O=C(O)CCCN1C(=O)/C(=C/c2ccc(-n3nc(-c4ccccc4)cc3-c3ccccc3)cc2)SC1=S. The van der Waals surface area contributed by atoms with Crippen molar-refractivity contribution in [1.82, 2.24) is 14.7 Å². The van der Waals surface area contributed by atoms with Gasteiger partial charge in [0, 0.05) is 24.1 Å². The second-order valence-corrected chi connectivity index (χ2v) is 10.2. The van der Waals surface area contributed by atoms with Crippen molar-refractivity contribution < 1.29 is 14.7 Å². The van der Waals surface area contributed by atoms with Crippen molar-refractivity contribution in [2.75, 3.05) is 6.54 Å². The normalized spacial score (nSPS) is 14.5. The van der Waals surface area contributed by atoms with E-state index in [0.717, 1.165) is 33.8 Å². The Bertz CT molecular complexity index is 1480. The first-order valence-corrected chi connectivity index (χ1v) is 13.0. The molecule has 4 aromatic rings. The van der Waals surface area contributed by atoms with Gasteiger partial charge >= 0.3 is 5.97 Å². The average molecular weight is 526 g/mol. The summed E-state index contributed by atoms with van der Waals surface area (Å²) in [4.78, 5) is 25.6. The quantitative estimate of drug-likeness (QED) is 0.216. The Hall–Kier alpha value is -4.01. The van der Waals surface area contributed by atoms with E-state index in [0.29, 0.717) is 22.2 Å². The number of hydrogen-bond acceptors (Lipinski definition) is 5. The highest BCUT2D eigenvalue weighted by Crippen LogP contribution is 2.33. The fourth-order valence-electron chi connectivity index (χ4n) is 4.09. The number of amides is 1. The number of rotatable bonds is 8. The van der Waals surface area contributed by atoms with Gasteiger partial charge in [0.25, 0.3) is 5.91 Å². The smallest absolute Gasteiger partial charge is 0.303 e. The Labute approximate surface area is 224 Å². The van der Waals surface area contributed by atoms with Crippen LogP contribution >= 0.6 is 24.0 Å². The molecular weight excluding hydrogens is 502 g/mol. The van der Waals surface area contributed by atoms with E-state index in [1.165, 1.54) is 16.7 Å². The Morgan fingerprint density at radius 2 is 1.59 bits per heavy atom. The third-order valence-electron chi connectivity index (χ3n) is 5.93. The minimum Gasteiger partial charge on any atom is -0.481 e. The summed E-state index contributed by atoms with van der Waals surface area (Å²) in [5.74, 6) is -1.07. The number of benzene rings is 3. The van der Waals surface area contributed by atoms with Gasteiger partial charge in [0.2, 0.25) is 0 Å². The summed E-state index contributed by atoms with van der Waals surface area (Å²) in [5, 5.41) is 13.8. The molecule has 37 heavy (non-hydrogen) atoms. The van der Waals surface area contributed by atoms with Crippen molar-refractivity contribution in [3.63, 3.8) is 0 Å². The van der Waals surface area contributed by atoms with Crippen LogP contribution in [0.2, 0.25) is 0 Å². The fraction of sp³-hybridized carbons (Fsp3) is 0.103. The van der Waals surface area contributed by atoms with Gasteiger partial charge in [0.1, 0.15) is 4.32 Å². The summed E-state index contributed by atoms with van der Waals surface area (Å²) in [5.41, 5.74) is 5.74. The maximum absolute atomic E-state index is 12.8. The Kier molecular flexibility index (Phi) is 7.30. The van der Waals surface area contributed by atoms with Crippen LogP contribution in [0.3, 0.4) is 0 Å². The molecule has 1 aliphatic heterocycles. The first-order chi connectivity index (χ1) is 18.0. The summed E-state index contributed by atoms with van der Waals surface area (Å²) in [6.07, 6.45) is 2.18. The van der Waals surface area contributed by atoms with Crippen LogP contribution in [-0.4, -0.2) is 42.5 Å². The van der Waals surface area contributed by atoms with Gasteiger partial charge in [0.15, 0.2) is 0 Å². The number of carboxylic acids is 1. The van der Waals surface area contributed by atoms with Crippen LogP contribution in [-0.2, 0) is 9.59 Å². The third kappa shape index (κ3) is 5.55. The van der Waals surface area contributed by atoms with Gasteiger partial charge in [0.05, 0.1) is 22.0 Å². The first-order valence-electron chi connectivity index (χ1n) is 11.8. The van der Waals surface area contributed by atoms with Gasteiger partial charge in [-0.3, -0.25) is 14.5 Å². The number of thioether (sulfide) groups is 1. The molecule has 0 spiro atoms. The topological polar surface area (TPSA) is 75.4 Å². The number of carboxylic acid groups (broad SMARTS) is 1. The minimum absolute atomic E-state index is 0.00194. The van der Waals surface area contributed by atoms with E-state index in [1.807, 2.05) is 83.6 Å². The van der Waals surface area contributed by atoms with Crippen molar-refractivity contribution in [3.05, 3.63) is 101 Å². The highest BCUT2D eigenvalue weighted by molar-refractivity contribution is 8.26. The van der Waals surface area contributed by atoms with Crippen LogP contribution in [0.5, 0.6) is 0 Å². The van der Waals surface area contributed by atoms with Crippen LogP contribution in [0.4, 0.5) is 0 Å². The molecule has 0 aliphatic carbocycles. The van der Waals surface area contributed by atoms with E-state index < -0.39 is 5.97 Å². The number of carbonyl (C=O) groups is 2. The van der Waals surface area contributed by atoms with Crippen LogP contribution < -0.4 is 0 Å². The molecule has 0 unspecified atom stereocenters. The minimum atomic E-state index is -0.885. The Morgan fingerprint density at radius 1 is 0.946 bits per heavy atom.